The zero-order valence-electron chi connectivity index (χ0n) is 30.6. The number of carbonyl (C=O) groups excluding carboxylic acids is 1. The van der Waals surface area contributed by atoms with E-state index in [1.54, 1.807) is 0 Å². The first-order chi connectivity index (χ1) is 25.1. The zero-order valence-corrected chi connectivity index (χ0v) is 33.0. The molecule has 2 aromatic carbocycles. The van der Waals surface area contributed by atoms with Crippen LogP contribution in [0.5, 0.6) is 0 Å². The van der Waals surface area contributed by atoms with Crippen molar-refractivity contribution >= 4 is 52.5 Å². The molecule has 3 N–H and O–H groups in total. The molecule has 0 atom stereocenters. The molecular weight excluding hydrogens is 741 g/mol. The van der Waals surface area contributed by atoms with Crippen LogP contribution in [-0.4, -0.2) is 80.7 Å². The van der Waals surface area contributed by atoms with Crippen molar-refractivity contribution in [1.82, 2.24) is 14.6 Å². The van der Waals surface area contributed by atoms with Crippen LogP contribution in [0.3, 0.4) is 0 Å². The number of carbonyl (C=O) groups is 1. The summed E-state index contributed by atoms with van der Waals surface area (Å²) < 4.78 is 97.1. The Morgan fingerprint density at radius 1 is 0.868 bits per heavy atom. The van der Waals surface area contributed by atoms with Crippen molar-refractivity contribution in [3.05, 3.63) is 71.9 Å². The topological polar surface area (TPSA) is 183 Å². The van der Waals surface area contributed by atoms with E-state index >= 15 is 0 Å². The maximum atomic E-state index is 13.3. The summed E-state index contributed by atoms with van der Waals surface area (Å²) in [6.45, 7) is 14.4. The normalized spacial score (nSPS) is 12.2. The maximum Gasteiger partial charge on any atom is 0.295 e. The maximum absolute atomic E-state index is 13.3. The largest absolute Gasteiger partial charge is 0.456 e. The predicted octanol–water partition coefficient (Wildman–Crippen LogP) is 4.62. The number of rotatable bonds is 19. The SMILES string of the molecule is C=CS(=O)(=O)CCNC(=O)CCCCCNS(=O)(=O)c1ccc(-c2c3ccc(=[N+](CC)CC)cc-3oc3cc(N(CC)CC)ccc23)c(S(=O)(=O)O)c1. The fourth-order valence-electron chi connectivity index (χ4n) is 6.20. The van der Waals surface area contributed by atoms with Crippen LogP contribution in [0.1, 0.15) is 53.4 Å². The first-order valence-electron chi connectivity index (χ1n) is 17.7. The van der Waals surface area contributed by atoms with E-state index in [1.165, 1.54) is 12.1 Å². The van der Waals surface area contributed by atoms with Crippen molar-refractivity contribution in [2.45, 2.75) is 63.2 Å². The Labute approximate surface area is 312 Å². The molecule has 2 aromatic rings. The van der Waals surface area contributed by atoms with E-state index < -0.39 is 34.9 Å². The molecule has 16 heteroatoms. The molecule has 13 nitrogen and oxygen atoms in total. The number of sulfone groups is 1. The number of anilines is 1. The second kappa shape index (κ2) is 17.8. The van der Waals surface area contributed by atoms with Gasteiger partial charge in [0.2, 0.25) is 21.3 Å². The second-order valence-corrected chi connectivity index (χ2v) is 17.6. The molecule has 0 spiro atoms. The standard InChI is InChI=1S/C37H48N4O9S3/c1-6-40(7-2)27-15-18-30-33(24-27)50-34-25-28(41(8-3)9-4)16-19-31(34)37(30)32-20-17-29(26-35(32)53(47,48)49)52(45,46)39-21-13-11-12-14-36(42)38-22-23-51(43,44)10-5/h10,15-20,24-26,39H,5-9,11-14,21-23H2,1-4H3,(H-,38,42,47,48,49)/p+1. The third kappa shape index (κ3) is 10.3. The summed E-state index contributed by atoms with van der Waals surface area (Å²) in [6, 6.07) is 15.0. The van der Waals surface area contributed by atoms with Gasteiger partial charge in [0.25, 0.3) is 10.1 Å². The van der Waals surface area contributed by atoms with E-state index in [2.05, 4.69) is 26.1 Å². The van der Waals surface area contributed by atoms with Gasteiger partial charge in [-0.1, -0.05) is 19.1 Å². The molecule has 53 heavy (non-hydrogen) atoms. The molecule has 1 heterocycles. The number of benzene rings is 3. The molecule has 2 aliphatic rings. The Kier molecular flexibility index (Phi) is 14.0. The van der Waals surface area contributed by atoms with Crippen LogP contribution in [0.4, 0.5) is 5.69 Å². The number of nitrogens with zero attached hydrogens (tertiary/aromatic N) is 2. The summed E-state index contributed by atoms with van der Waals surface area (Å²) in [4.78, 5) is 13.2. The average molecular weight is 790 g/mol. The third-order valence-electron chi connectivity index (χ3n) is 9.09. The van der Waals surface area contributed by atoms with Crippen molar-refractivity contribution < 1.29 is 39.0 Å². The minimum atomic E-state index is -4.93. The molecule has 0 unspecified atom stereocenters. The van der Waals surface area contributed by atoms with Gasteiger partial charge < -0.3 is 14.6 Å². The van der Waals surface area contributed by atoms with Crippen molar-refractivity contribution in [2.75, 3.05) is 49.9 Å². The smallest absolute Gasteiger partial charge is 0.295 e. The Bertz CT molecular complexity index is 2330. The summed E-state index contributed by atoms with van der Waals surface area (Å²) in [5, 5.41) is 4.87. The average Bonchev–Trinajstić information content (AvgIpc) is 3.12. The molecule has 1 aliphatic heterocycles. The highest BCUT2D eigenvalue weighted by molar-refractivity contribution is 7.94. The van der Waals surface area contributed by atoms with Gasteiger partial charge in [-0.2, -0.15) is 8.42 Å². The molecule has 0 saturated carbocycles. The summed E-state index contributed by atoms with van der Waals surface area (Å²) in [5.74, 6) is -0.0656. The summed E-state index contributed by atoms with van der Waals surface area (Å²) in [5.41, 5.74) is 2.57. The lowest BCUT2D eigenvalue weighted by atomic mass is 9.93. The highest BCUT2D eigenvalue weighted by atomic mass is 32.2. The summed E-state index contributed by atoms with van der Waals surface area (Å²) in [7, 11) is -12.5. The molecule has 0 radical (unpaired) electrons. The zero-order chi connectivity index (χ0) is 39.0. The molecule has 0 aromatic heterocycles. The molecular formula is C37H49N4O9S3+. The van der Waals surface area contributed by atoms with E-state index in [9.17, 15) is 34.6 Å². The number of fused-ring (bicyclic) bond motifs is 2. The van der Waals surface area contributed by atoms with E-state index in [4.69, 9.17) is 4.42 Å². The number of unbranched alkanes of at least 4 members (excludes halogenated alkanes) is 2. The first kappa shape index (κ1) is 41.7. The van der Waals surface area contributed by atoms with Gasteiger partial charge in [-0.3, -0.25) is 9.35 Å². The lowest BCUT2D eigenvalue weighted by molar-refractivity contribution is -0.121. The van der Waals surface area contributed by atoms with Gasteiger partial charge in [-0.15, -0.1) is 0 Å². The van der Waals surface area contributed by atoms with E-state index in [0.29, 0.717) is 47.1 Å². The fraction of sp³-hybridized carbons (Fsp3) is 0.405. The fourth-order valence-corrected chi connectivity index (χ4v) is 8.65. The minimum Gasteiger partial charge on any atom is -0.456 e. The van der Waals surface area contributed by atoms with Crippen LogP contribution in [-0.2, 0) is 34.8 Å². The van der Waals surface area contributed by atoms with Gasteiger partial charge in [0, 0.05) is 77.9 Å². The van der Waals surface area contributed by atoms with E-state index in [-0.39, 0.29) is 41.6 Å². The van der Waals surface area contributed by atoms with Crippen LogP contribution < -0.4 is 24.9 Å². The summed E-state index contributed by atoms with van der Waals surface area (Å²) >= 11 is 0. The van der Waals surface area contributed by atoms with Crippen molar-refractivity contribution in [2.24, 2.45) is 0 Å². The molecule has 0 bridgehead atoms. The molecule has 1 amide bonds. The number of hydrogen-bond acceptors (Lipinski definition) is 9. The van der Waals surface area contributed by atoms with Crippen LogP contribution >= 0.6 is 0 Å². The van der Waals surface area contributed by atoms with E-state index in [1.807, 2.05) is 64.1 Å². The molecule has 1 aliphatic carbocycles. The van der Waals surface area contributed by atoms with Crippen molar-refractivity contribution in [3.63, 3.8) is 0 Å². The van der Waals surface area contributed by atoms with Crippen molar-refractivity contribution in [3.8, 4) is 22.5 Å². The van der Waals surface area contributed by atoms with Gasteiger partial charge in [0.1, 0.15) is 29.3 Å². The third-order valence-corrected chi connectivity index (χ3v) is 12.7. The van der Waals surface area contributed by atoms with Gasteiger partial charge >= 0.3 is 0 Å². The number of sulfonamides is 1. The van der Waals surface area contributed by atoms with Gasteiger partial charge in [0.05, 0.1) is 16.7 Å². The first-order valence-corrected chi connectivity index (χ1v) is 22.3. The molecule has 288 valence electrons. The minimum absolute atomic E-state index is 0.0176. The molecule has 0 fully saturated rings. The lowest BCUT2D eigenvalue weighted by Crippen LogP contribution is -2.29. The van der Waals surface area contributed by atoms with Crippen molar-refractivity contribution in [1.29, 1.82) is 0 Å². The van der Waals surface area contributed by atoms with Crippen LogP contribution in [0.2, 0.25) is 0 Å². The number of nitrogens with one attached hydrogen (secondary N) is 2. The van der Waals surface area contributed by atoms with Crippen LogP contribution in [0.25, 0.3) is 33.4 Å². The Balaban J connectivity index is 1.66. The Morgan fingerprint density at radius 3 is 2.21 bits per heavy atom. The monoisotopic (exact) mass is 789 g/mol. The second-order valence-electron chi connectivity index (χ2n) is 12.4. The van der Waals surface area contributed by atoms with Gasteiger partial charge in [-0.25, -0.2) is 26.1 Å². The van der Waals surface area contributed by atoms with Gasteiger partial charge in [-0.05, 0) is 70.9 Å². The number of hydrogen-bond donors (Lipinski definition) is 3. The molecule has 4 rings (SSSR count). The Morgan fingerprint density at radius 2 is 1.57 bits per heavy atom. The predicted molar refractivity (Wildman–Crippen MR) is 209 cm³/mol. The molecule has 0 saturated heterocycles. The Hall–Kier alpha value is -4.09. The van der Waals surface area contributed by atoms with Crippen LogP contribution in [0.15, 0.2) is 80.8 Å². The van der Waals surface area contributed by atoms with Crippen LogP contribution in [0, 0.1) is 0 Å². The highest BCUT2D eigenvalue weighted by Crippen LogP contribution is 2.43. The highest BCUT2D eigenvalue weighted by Gasteiger charge is 2.27. The lowest BCUT2D eigenvalue weighted by Gasteiger charge is -2.22. The summed E-state index contributed by atoms with van der Waals surface area (Å²) in [6.07, 6.45) is 1.48. The van der Waals surface area contributed by atoms with E-state index in [0.717, 1.165) is 48.7 Å². The number of amides is 1. The van der Waals surface area contributed by atoms with Gasteiger partial charge in [0.15, 0.2) is 9.84 Å². The quantitative estimate of drug-likeness (QED) is 0.0525.